The third-order valence-electron chi connectivity index (χ3n) is 4.17. The number of ether oxygens (including phenoxy) is 4. The van der Waals surface area contributed by atoms with Crippen molar-refractivity contribution in [3.8, 4) is 0 Å². The topological polar surface area (TPSA) is 75.6 Å². The van der Waals surface area contributed by atoms with E-state index in [4.69, 9.17) is 55.5 Å². The molecule has 2 fully saturated rings. The third kappa shape index (κ3) is 8.03. The lowest BCUT2D eigenvalue weighted by atomic mass is 9.96. The van der Waals surface area contributed by atoms with Crippen molar-refractivity contribution in [2.45, 2.75) is 89.2 Å². The molecule has 0 aliphatic carbocycles. The Kier molecular flexibility index (Phi) is 9.25. The maximum atomic E-state index is 10.5. The van der Waals surface area contributed by atoms with Gasteiger partial charge < -0.3 is 32.9 Å². The second-order valence-corrected chi connectivity index (χ2v) is 10.2. The van der Waals surface area contributed by atoms with Crippen LogP contribution < -0.4 is 0 Å². The van der Waals surface area contributed by atoms with Crippen LogP contribution in [0.2, 0.25) is 0 Å². The lowest BCUT2D eigenvalue weighted by Crippen LogP contribution is -2.32. The molecule has 2 heterocycles. The molecule has 11 heteroatoms. The molecule has 0 aromatic rings. The average Bonchev–Trinajstić information content (AvgIpc) is 3.04. The van der Waals surface area contributed by atoms with Gasteiger partial charge in [0.25, 0.3) is 0 Å². The number of hydrogen-bond acceptors (Lipinski definition) is 7. The van der Waals surface area contributed by atoms with Crippen molar-refractivity contribution < 1.29 is 32.9 Å². The Balaban J connectivity index is 1.87. The van der Waals surface area contributed by atoms with Gasteiger partial charge in [0.1, 0.15) is 27.9 Å². The molecule has 152 valence electrons. The smallest absolute Gasteiger partial charge is 0.324 e. The van der Waals surface area contributed by atoms with Gasteiger partial charge >= 0.3 is 6.72 Å². The van der Waals surface area contributed by atoms with Gasteiger partial charge in [0, 0.05) is 12.0 Å². The van der Waals surface area contributed by atoms with Crippen molar-refractivity contribution in [3.63, 3.8) is 0 Å². The largest absolute Gasteiger partial charge is 0.380 e. The lowest BCUT2D eigenvalue weighted by molar-refractivity contribution is -0.0611. The zero-order valence-corrected chi connectivity index (χ0v) is 18.1. The van der Waals surface area contributed by atoms with Crippen molar-refractivity contribution in [3.05, 3.63) is 0 Å². The van der Waals surface area contributed by atoms with Crippen LogP contribution in [0.5, 0.6) is 0 Å². The molecule has 2 saturated heterocycles. The van der Waals surface area contributed by atoms with E-state index >= 15 is 0 Å². The standard InChI is InChI=1S/C16H29B2O7PS/c1-9(2)20-7-13-12(6-16(18)23-13)25-26(19,27)21-8-14-11(22-10(3)4)5-15(17)24-14/h9-16H,5-8H2,1-4H3,(H,19,27)/t11-,12-,13-,14-,15-,16-,26?/m1/s1. The van der Waals surface area contributed by atoms with E-state index in [1.165, 1.54) is 0 Å². The van der Waals surface area contributed by atoms with E-state index in [-0.39, 0.29) is 24.9 Å². The SMILES string of the molecule is [B][C@H]1C[C@@H](OC(C)C)[C@@H](COP(O)(=S)O[C@@H]2C[C@H]([B])O[C@@H]2COC(C)C)O1. The maximum absolute atomic E-state index is 10.5. The fourth-order valence-corrected chi connectivity index (χ4v) is 4.52. The number of hydrogen-bond donors (Lipinski definition) is 1. The molecular formula is C16H29B2O7PS. The minimum Gasteiger partial charge on any atom is -0.380 e. The highest BCUT2D eigenvalue weighted by molar-refractivity contribution is 8.07. The Morgan fingerprint density at radius 3 is 2.11 bits per heavy atom. The summed E-state index contributed by atoms with van der Waals surface area (Å²) in [6.45, 7) is 4.53. The van der Waals surface area contributed by atoms with Crippen LogP contribution in [-0.4, -0.2) is 82.4 Å². The van der Waals surface area contributed by atoms with Crippen LogP contribution in [0.1, 0.15) is 40.5 Å². The first kappa shape index (κ1) is 23.8. The van der Waals surface area contributed by atoms with Gasteiger partial charge in [-0.25, -0.2) is 0 Å². The van der Waals surface area contributed by atoms with Gasteiger partial charge in [-0.3, -0.25) is 0 Å². The molecule has 2 aliphatic heterocycles. The minimum atomic E-state index is -3.52. The predicted molar refractivity (Wildman–Crippen MR) is 106 cm³/mol. The lowest BCUT2D eigenvalue weighted by Gasteiger charge is -2.26. The van der Waals surface area contributed by atoms with E-state index in [1.807, 2.05) is 27.7 Å². The predicted octanol–water partition coefficient (Wildman–Crippen LogP) is 1.39. The Labute approximate surface area is 169 Å². The molecule has 27 heavy (non-hydrogen) atoms. The first-order chi connectivity index (χ1) is 12.6. The molecule has 2 aliphatic rings. The molecule has 4 radical (unpaired) electrons. The van der Waals surface area contributed by atoms with Crippen LogP contribution in [0.4, 0.5) is 0 Å². The van der Waals surface area contributed by atoms with E-state index in [0.29, 0.717) is 19.4 Å². The maximum Gasteiger partial charge on any atom is 0.324 e. The Bertz CT molecular complexity index is 513. The van der Waals surface area contributed by atoms with Crippen molar-refractivity contribution in [1.29, 1.82) is 0 Å². The Hall–Kier alpha value is 0.500. The van der Waals surface area contributed by atoms with Gasteiger partial charge in [0.15, 0.2) is 0 Å². The second-order valence-electron chi connectivity index (χ2n) is 7.41. The highest BCUT2D eigenvalue weighted by Crippen LogP contribution is 2.48. The molecule has 0 bridgehead atoms. The summed E-state index contributed by atoms with van der Waals surface area (Å²) in [5, 5.41) is 0. The van der Waals surface area contributed by atoms with E-state index < -0.39 is 37.0 Å². The summed E-state index contributed by atoms with van der Waals surface area (Å²) >= 11 is 5.16. The van der Waals surface area contributed by atoms with Crippen molar-refractivity contribution in [1.82, 2.24) is 0 Å². The van der Waals surface area contributed by atoms with E-state index in [0.717, 1.165) is 0 Å². The van der Waals surface area contributed by atoms with E-state index in [2.05, 4.69) is 0 Å². The summed E-state index contributed by atoms with van der Waals surface area (Å²) < 4.78 is 33.7. The van der Waals surface area contributed by atoms with Gasteiger partial charge in [0.2, 0.25) is 0 Å². The van der Waals surface area contributed by atoms with Crippen LogP contribution in [0.3, 0.4) is 0 Å². The molecule has 1 unspecified atom stereocenters. The first-order valence-electron chi connectivity index (χ1n) is 9.30. The fourth-order valence-electron chi connectivity index (χ4n) is 3.05. The highest BCUT2D eigenvalue weighted by Gasteiger charge is 2.39. The summed E-state index contributed by atoms with van der Waals surface area (Å²) in [7, 11) is 11.7. The summed E-state index contributed by atoms with van der Waals surface area (Å²) in [5.41, 5.74) is 0. The van der Waals surface area contributed by atoms with Crippen LogP contribution in [0.15, 0.2) is 0 Å². The monoisotopic (exact) mass is 418 g/mol. The summed E-state index contributed by atoms with van der Waals surface area (Å²) in [4.78, 5) is 10.5. The summed E-state index contributed by atoms with van der Waals surface area (Å²) in [6, 6.07) is -0.927. The minimum absolute atomic E-state index is 0.0265. The molecule has 0 amide bonds. The molecular weight excluding hydrogens is 389 g/mol. The molecule has 0 saturated carbocycles. The third-order valence-corrected chi connectivity index (χ3v) is 5.76. The van der Waals surface area contributed by atoms with Crippen molar-refractivity contribution >= 4 is 34.2 Å². The fraction of sp³-hybridized carbons (Fsp3) is 1.00. The normalized spacial score (nSPS) is 36.6. The quantitative estimate of drug-likeness (QED) is 0.422. The molecule has 0 spiro atoms. The molecule has 1 N–H and O–H groups in total. The van der Waals surface area contributed by atoms with Gasteiger partial charge in [-0.15, -0.1) is 0 Å². The summed E-state index contributed by atoms with van der Waals surface area (Å²) in [5.74, 6) is 0. The second kappa shape index (κ2) is 10.5. The van der Waals surface area contributed by atoms with Crippen LogP contribution in [0, 0.1) is 0 Å². The Morgan fingerprint density at radius 2 is 1.56 bits per heavy atom. The van der Waals surface area contributed by atoms with Gasteiger partial charge in [-0.05, 0) is 52.3 Å². The van der Waals surface area contributed by atoms with Crippen molar-refractivity contribution in [2.75, 3.05) is 13.2 Å². The molecule has 7 atom stereocenters. The van der Waals surface area contributed by atoms with Crippen LogP contribution >= 0.6 is 6.72 Å². The van der Waals surface area contributed by atoms with Crippen LogP contribution in [-0.2, 0) is 39.8 Å². The van der Waals surface area contributed by atoms with E-state index in [1.54, 1.807) is 0 Å². The van der Waals surface area contributed by atoms with Crippen molar-refractivity contribution in [2.24, 2.45) is 0 Å². The van der Waals surface area contributed by atoms with Crippen LogP contribution in [0.25, 0.3) is 0 Å². The molecule has 0 aromatic heterocycles. The number of rotatable bonds is 10. The average molecular weight is 418 g/mol. The summed E-state index contributed by atoms with van der Waals surface area (Å²) in [6.07, 6.45) is -0.509. The molecule has 7 nitrogen and oxygen atoms in total. The van der Waals surface area contributed by atoms with Gasteiger partial charge in [-0.1, -0.05) is 0 Å². The van der Waals surface area contributed by atoms with Gasteiger partial charge in [0.05, 0.1) is 37.6 Å². The first-order valence-corrected chi connectivity index (χ1v) is 11.9. The molecule has 2 rings (SSSR count). The zero-order valence-electron chi connectivity index (χ0n) is 16.4. The Morgan fingerprint density at radius 1 is 1.00 bits per heavy atom. The molecule has 0 aromatic carbocycles. The van der Waals surface area contributed by atoms with E-state index in [9.17, 15) is 4.89 Å². The highest BCUT2D eigenvalue weighted by atomic mass is 32.5. The van der Waals surface area contributed by atoms with Gasteiger partial charge in [-0.2, -0.15) is 0 Å². The zero-order chi connectivity index (χ0) is 20.2.